The van der Waals surface area contributed by atoms with E-state index in [0.717, 1.165) is 6.92 Å². The Labute approximate surface area is 96.3 Å². The third-order valence-corrected chi connectivity index (χ3v) is 1.80. The second kappa shape index (κ2) is 4.70. The van der Waals surface area contributed by atoms with Crippen LogP contribution in [0, 0.1) is 17.0 Å². The van der Waals surface area contributed by atoms with Gasteiger partial charge in [0.05, 0.1) is 16.7 Å². The lowest BCUT2D eigenvalue weighted by molar-refractivity contribution is -0.386. The maximum Gasteiger partial charge on any atom is 0.573 e. The van der Waals surface area contributed by atoms with Crippen LogP contribution in [0.1, 0.15) is 17.8 Å². The minimum Gasteiger partial charge on any atom is -0.404 e. The van der Waals surface area contributed by atoms with Crippen LogP contribution in [0.4, 0.5) is 27.6 Å². The van der Waals surface area contributed by atoms with Crippen molar-refractivity contribution < 1.29 is 31.6 Å². The monoisotopic (exact) mass is 272 g/mol. The Morgan fingerprint density at radius 2 is 2.00 bits per heavy atom. The summed E-state index contributed by atoms with van der Waals surface area (Å²) in [5, 5.41) is 10.5. The minimum absolute atomic E-state index is 0.275. The lowest BCUT2D eigenvalue weighted by atomic mass is 10.2. The fourth-order valence-corrected chi connectivity index (χ4v) is 1.13. The molecule has 1 heterocycles. The summed E-state index contributed by atoms with van der Waals surface area (Å²) in [6.45, 7) is 0.969. The van der Waals surface area contributed by atoms with Gasteiger partial charge < -0.3 is 4.74 Å². The molecule has 0 unspecified atom stereocenters. The van der Waals surface area contributed by atoms with E-state index in [1.165, 1.54) is 0 Å². The standard InChI is InChI=1S/C8H5F5N2O3/c1-3-5(18-8(11,12)13)2-4(15(16)17)6(14-3)7(9)10/h2,7H,1H3. The zero-order chi connectivity index (χ0) is 14.1. The summed E-state index contributed by atoms with van der Waals surface area (Å²) in [4.78, 5) is 12.3. The molecule has 0 saturated carbocycles. The normalized spacial score (nSPS) is 11.7. The van der Waals surface area contributed by atoms with E-state index in [0.29, 0.717) is 0 Å². The topological polar surface area (TPSA) is 65.3 Å². The molecule has 0 aliphatic heterocycles. The number of nitrogens with zero attached hydrogens (tertiary/aromatic N) is 2. The second-order valence-electron chi connectivity index (χ2n) is 3.08. The van der Waals surface area contributed by atoms with Crippen molar-refractivity contribution >= 4 is 5.69 Å². The summed E-state index contributed by atoms with van der Waals surface area (Å²) in [6.07, 6.45) is -8.36. The lowest BCUT2D eigenvalue weighted by Gasteiger charge is -2.11. The Balaban J connectivity index is 3.32. The summed E-state index contributed by atoms with van der Waals surface area (Å²) in [7, 11) is 0. The Morgan fingerprint density at radius 1 is 1.44 bits per heavy atom. The Morgan fingerprint density at radius 3 is 2.39 bits per heavy atom. The van der Waals surface area contributed by atoms with Gasteiger partial charge in [-0.2, -0.15) is 0 Å². The van der Waals surface area contributed by atoms with E-state index in [2.05, 4.69) is 9.72 Å². The number of rotatable bonds is 3. The fourth-order valence-electron chi connectivity index (χ4n) is 1.13. The van der Waals surface area contributed by atoms with Crippen molar-refractivity contribution in [2.75, 3.05) is 0 Å². The quantitative estimate of drug-likeness (QED) is 0.481. The molecule has 0 radical (unpaired) electrons. The highest BCUT2D eigenvalue weighted by molar-refractivity contribution is 5.45. The fraction of sp³-hybridized carbons (Fsp3) is 0.375. The zero-order valence-corrected chi connectivity index (χ0v) is 8.66. The number of aryl methyl sites for hydroxylation is 1. The van der Waals surface area contributed by atoms with E-state index in [9.17, 15) is 32.1 Å². The molecule has 1 rings (SSSR count). The van der Waals surface area contributed by atoms with E-state index in [1.807, 2.05) is 0 Å². The number of ether oxygens (including phenoxy) is 1. The molecule has 18 heavy (non-hydrogen) atoms. The summed E-state index contributed by atoms with van der Waals surface area (Å²) in [5.41, 5.74) is -2.95. The van der Waals surface area contributed by atoms with Crippen LogP contribution in [-0.2, 0) is 0 Å². The van der Waals surface area contributed by atoms with Gasteiger partial charge >= 0.3 is 6.36 Å². The number of hydrogen-bond donors (Lipinski definition) is 0. The average Bonchev–Trinajstić information content (AvgIpc) is 2.17. The Hall–Kier alpha value is -2.00. The summed E-state index contributed by atoms with van der Waals surface area (Å²) < 4.78 is 64.1. The maximum absolute atomic E-state index is 12.4. The molecule has 0 aliphatic carbocycles. The van der Waals surface area contributed by atoms with Gasteiger partial charge in [-0.05, 0) is 6.92 Å². The van der Waals surface area contributed by atoms with Crippen LogP contribution in [0.15, 0.2) is 6.07 Å². The number of pyridine rings is 1. The molecular weight excluding hydrogens is 267 g/mol. The van der Waals surface area contributed by atoms with Crippen LogP contribution in [0.25, 0.3) is 0 Å². The van der Waals surface area contributed by atoms with Crippen LogP contribution >= 0.6 is 0 Å². The smallest absolute Gasteiger partial charge is 0.404 e. The van der Waals surface area contributed by atoms with Crippen molar-refractivity contribution in [1.29, 1.82) is 0 Å². The lowest BCUT2D eigenvalue weighted by Crippen LogP contribution is -2.18. The van der Waals surface area contributed by atoms with Gasteiger partial charge in [-0.25, -0.2) is 13.8 Å². The van der Waals surface area contributed by atoms with Crippen molar-refractivity contribution in [3.05, 3.63) is 27.6 Å². The molecule has 0 amide bonds. The van der Waals surface area contributed by atoms with Gasteiger partial charge in [0.25, 0.3) is 12.1 Å². The van der Waals surface area contributed by atoms with Gasteiger partial charge in [0, 0.05) is 0 Å². The highest BCUT2D eigenvalue weighted by atomic mass is 19.4. The van der Waals surface area contributed by atoms with Gasteiger partial charge in [-0.3, -0.25) is 10.1 Å². The molecular formula is C8H5F5N2O3. The van der Waals surface area contributed by atoms with E-state index in [4.69, 9.17) is 0 Å². The van der Waals surface area contributed by atoms with Crippen molar-refractivity contribution in [2.45, 2.75) is 19.7 Å². The van der Waals surface area contributed by atoms with Crippen LogP contribution < -0.4 is 4.74 Å². The van der Waals surface area contributed by atoms with Gasteiger partial charge in [-0.15, -0.1) is 13.2 Å². The predicted molar refractivity (Wildman–Crippen MR) is 47.3 cm³/mol. The molecule has 10 heteroatoms. The first kappa shape index (κ1) is 14.1. The van der Waals surface area contributed by atoms with Gasteiger partial charge in [0.1, 0.15) is 0 Å². The van der Waals surface area contributed by atoms with E-state index in [1.54, 1.807) is 0 Å². The first-order chi connectivity index (χ1) is 8.11. The van der Waals surface area contributed by atoms with Crippen molar-refractivity contribution in [2.24, 2.45) is 0 Å². The largest absolute Gasteiger partial charge is 0.573 e. The molecule has 1 aromatic heterocycles. The van der Waals surface area contributed by atoms with Gasteiger partial charge in [-0.1, -0.05) is 0 Å². The van der Waals surface area contributed by atoms with Crippen LogP contribution in [0.3, 0.4) is 0 Å². The van der Waals surface area contributed by atoms with Gasteiger partial charge in [0.15, 0.2) is 11.4 Å². The molecule has 0 spiro atoms. The third kappa shape index (κ3) is 3.25. The molecule has 0 aliphatic rings. The van der Waals surface area contributed by atoms with E-state index in [-0.39, 0.29) is 6.07 Å². The van der Waals surface area contributed by atoms with Crippen molar-refractivity contribution in [3.8, 4) is 5.75 Å². The molecule has 0 N–H and O–H groups in total. The molecule has 0 aromatic carbocycles. The molecule has 0 saturated heterocycles. The maximum atomic E-state index is 12.4. The molecule has 0 fully saturated rings. The SMILES string of the molecule is Cc1nc(C(F)F)c([N+](=O)[O-])cc1OC(F)(F)F. The van der Waals surface area contributed by atoms with E-state index < -0.39 is 40.5 Å². The molecule has 1 aromatic rings. The number of halogens is 5. The third-order valence-electron chi connectivity index (χ3n) is 1.80. The van der Waals surface area contributed by atoms with Crippen molar-refractivity contribution in [1.82, 2.24) is 4.98 Å². The van der Waals surface area contributed by atoms with E-state index >= 15 is 0 Å². The van der Waals surface area contributed by atoms with Crippen LogP contribution in [-0.4, -0.2) is 16.3 Å². The Bertz CT molecular complexity index is 475. The van der Waals surface area contributed by atoms with Crippen molar-refractivity contribution in [3.63, 3.8) is 0 Å². The number of nitro groups is 1. The Kier molecular flexibility index (Phi) is 3.67. The molecule has 100 valence electrons. The predicted octanol–water partition coefficient (Wildman–Crippen LogP) is 3.13. The van der Waals surface area contributed by atoms with Crippen LogP contribution in [0.5, 0.6) is 5.75 Å². The molecule has 0 bridgehead atoms. The summed E-state index contributed by atoms with van der Waals surface area (Å²) >= 11 is 0. The molecule has 0 atom stereocenters. The van der Waals surface area contributed by atoms with Gasteiger partial charge in [0.2, 0.25) is 0 Å². The minimum atomic E-state index is -5.09. The average molecular weight is 272 g/mol. The summed E-state index contributed by atoms with van der Waals surface area (Å²) in [6, 6.07) is 0.275. The number of hydrogen-bond acceptors (Lipinski definition) is 4. The summed E-state index contributed by atoms with van der Waals surface area (Å²) in [5.74, 6) is -0.987. The first-order valence-corrected chi connectivity index (χ1v) is 4.31. The highest BCUT2D eigenvalue weighted by Gasteiger charge is 2.34. The zero-order valence-electron chi connectivity index (χ0n) is 8.66. The first-order valence-electron chi connectivity index (χ1n) is 4.31. The number of aromatic nitrogens is 1. The molecule has 5 nitrogen and oxygen atoms in total. The van der Waals surface area contributed by atoms with Crippen LogP contribution in [0.2, 0.25) is 0 Å². The second-order valence-corrected chi connectivity index (χ2v) is 3.08. The number of alkyl halides is 5. The highest BCUT2D eigenvalue weighted by Crippen LogP contribution is 2.34.